The van der Waals surface area contributed by atoms with Gasteiger partial charge in [-0.15, -0.1) is 0 Å². The molecule has 2 rings (SSSR count). The normalized spacial score (nSPS) is 13.2. The SMILES string of the molecule is COCC(NN)c1cc2cc(C)ccc2o1. The Bertz CT molecular complexity index is 479. The van der Waals surface area contributed by atoms with Crippen LogP contribution in [0.2, 0.25) is 0 Å². The lowest BCUT2D eigenvalue weighted by molar-refractivity contribution is 0.158. The third kappa shape index (κ3) is 2.09. The van der Waals surface area contributed by atoms with Crippen LogP contribution in [0.5, 0.6) is 0 Å². The number of ether oxygens (including phenoxy) is 1. The van der Waals surface area contributed by atoms with E-state index in [4.69, 9.17) is 15.0 Å². The van der Waals surface area contributed by atoms with Crippen LogP contribution in [0.4, 0.5) is 0 Å². The van der Waals surface area contributed by atoms with Gasteiger partial charge in [-0.3, -0.25) is 5.84 Å². The van der Waals surface area contributed by atoms with Crippen LogP contribution in [0.15, 0.2) is 28.7 Å². The first-order chi connectivity index (χ1) is 7.74. The van der Waals surface area contributed by atoms with E-state index < -0.39 is 0 Å². The number of nitrogens with two attached hydrogens (primary N) is 1. The van der Waals surface area contributed by atoms with E-state index in [2.05, 4.69) is 18.4 Å². The van der Waals surface area contributed by atoms with E-state index in [0.717, 1.165) is 16.7 Å². The summed E-state index contributed by atoms with van der Waals surface area (Å²) in [5, 5.41) is 1.09. The van der Waals surface area contributed by atoms with Crippen molar-refractivity contribution in [1.82, 2.24) is 5.43 Å². The molecule has 1 unspecified atom stereocenters. The lowest BCUT2D eigenvalue weighted by Crippen LogP contribution is -2.30. The van der Waals surface area contributed by atoms with Gasteiger partial charge in [0.05, 0.1) is 6.61 Å². The number of fused-ring (bicyclic) bond motifs is 1. The molecule has 0 saturated carbocycles. The van der Waals surface area contributed by atoms with E-state index in [1.54, 1.807) is 7.11 Å². The van der Waals surface area contributed by atoms with E-state index in [1.165, 1.54) is 5.56 Å². The Morgan fingerprint density at radius 3 is 2.94 bits per heavy atom. The highest BCUT2D eigenvalue weighted by molar-refractivity contribution is 5.78. The van der Waals surface area contributed by atoms with Crippen molar-refractivity contribution in [1.29, 1.82) is 0 Å². The summed E-state index contributed by atoms with van der Waals surface area (Å²) in [6, 6.07) is 7.96. The molecule has 16 heavy (non-hydrogen) atoms. The van der Waals surface area contributed by atoms with Crippen molar-refractivity contribution in [2.75, 3.05) is 13.7 Å². The van der Waals surface area contributed by atoms with Crippen molar-refractivity contribution in [2.45, 2.75) is 13.0 Å². The van der Waals surface area contributed by atoms with E-state index in [1.807, 2.05) is 18.2 Å². The molecular formula is C12H16N2O2. The van der Waals surface area contributed by atoms with Crippen LogP contribution in [-0.4, -0.2) is 13.7 Å². The Hall–Kier alpha value is -1.36. The Morgan fingerprint density at radius 1 is 1.44 bits per heavy atom. The minimum Gasteiger partial charge on any atom is -0.459 e. The Balaban J connectivity index is 2.37. The van der Waals surface area contributed by atoms with Crippen molar-refractivity contribution >= 4 is 11.0 Å². The topological polar surface area (TPSA) is 60.4 Å². The van der Waals surface area contributed by atoms with E-state index in [9.17, 15) is 0 Å². The van der Waals surface area contributed by atoms with Crippen LogP contribution in [0.3, 0.4) is 0 Å². The summed E-state index contributed by atoms with van der Waals surface area (Å²) in [4.78, 5) is 0. The number of hydrazine groups is 1. The largest absolute Gasteiger partial charge is 0.459 e. The van der Waals surface area contributed by atoms with Gasteiger partial charge in [0, 0.05) is 12.5 Å². The Morgan fingerprint density at radius 2 is 2.25 bits per heavy atom. The summed E-state index contributed by atoms with van der Waals surface area (Å²) < 4.78 is 10.8. The molecule has 1 aromatic carbocycles. The monoisotopic (exact) mass is 220 g/mol. The summed E-state index contributed by atoms with van der Waals surface area (Å²) in [5.41, 5.74) is 4.76. The zero-order chi connectivity index (χ0) is 11.5. The van der Waals surface area contributed by atoms with Crippen LogP contribution < -0.4 is 11.3 Å². The third-order valence-electron chi connectivity index (χ3n) is 2.57. The molecule has 0 aliphatic heterocycles. The first kappa shape index (κ1) is 11.1. The van der Waals surface area contributed by atoms with Crippen LogP contribution in [0.1, 0.15) is 17.4 Å². The van der Waals surface area contributed by atoms with E-state index >= 15 is 0 Å². The first-order valence-corrected chi connectivity index (χ1v) is 5.19. The molecular weight excluding hydrogens is 204 g/mol. The van der Waals surface area contributed by atoms with Crippen LogP contribution in [-0.2, 0) is 4.74 Å². The molecule has 1 heterocycles. The number of furan rings is 1. The predicted octanol–water partition coefficient (Wildman–Crippen LogP) is 1.89. The molecule has 0 bridgehead atoms. The standard InChI is InChI=1S/C12H16N2O2/c1-8-3-4-11-9(5-8)6-12(16-11)10(14-13)7-15-2/h3-6,10,14H,7,13H2,1-2H3. The number of benzene rings is 1. The third-order valence-corrected chi connectivity index (χ3v) is 2.57. The number of hydrogen-bond acceptors (Lipinski definition) is 4. The molecule has 0 amide bonds. The minimum atomic E-state index is -0.113. The van der Waals surface area contributed by atoms with E-state index in [-0.39, 0.29) is 6.04 Å². The van der Waals surface area contributed by atoms with Gasteiger partial charge in [-0.05, 0) is 25.1 Å². The molecule has 4 heteroatoms. The van der Waals surface area contributed by atoms with Crippen molar-refractivity contribution < 1.29 is 9.15 Å². The zero-order valence-corrected chi connectivity index (χ0v) is 9.49. The number of methoxy groups -OCH3 is 1. The lowest BCUT2D eigenvalue weighted by atomic mass is 10.1. The first-order valence-electron chi connectivity index (χ1n) is 5.19. The Kier molecular flexibility index (Phi) is 3.24. The molecule has 1 atom stereocenters. The average Bonchev–Trinajstić information content (AvgIpc) is 2.68. The fourth-order valence-electron chi connectivity index (χ4n) is 1.73. The van der Waals surface area contributed by atoms with Gasteiger partial charge in [-0.1, -0.05) is 11.6 Å². The molecule has 0 radical (unpaired) electrons. The van der Waals surface area contributed by atoms with Gasteiger partial charge in [-0.2, -0.15) is 0 Å². The summed E-state index contributed by atoms with van der Waals surface area (Å²) in [6.07, 6.45) is 0. The molecule has 2 aromatic rings. The van der Waals surface area contributed by atoms with Gasteiger partial charge in [0.2, 0.25) is 0 Å². The molecule has 0 spiro atoms. The van der Waals surface area contributed by atoms with Gasteiger partial charge in [-0.25, -0.2) is 5.43 Å². The van der Waals surface area contributed by atoms with Gasteiger partial charge < -0.3 is 9.15 Å². The maximum atomic E-state index is 5.71. The van der Waals surface area contributed by atoms with Crippen molar-refractivity contribution in [2.24, 2.45) is 5.84 Å². The van der Waals surface area contributed by atoms with Crippen LogP contribution in [0.25, 0.3) is 11.0 Å². The minimum absolute atomic E-state index is 0.113. The molecule has 0 aliphatic rings. The second-order valence-electron chi connectivity index (χ2n) is 3.86. The maximum Gasteiger partial charge on any atom is 0.134 e. The van der Waals surface area contributed by atoms with Gasteiger partial charge in [0.25, 0.3) is 0 Å². The zero-order valence-electron chi connectivity index (χ0n) is 9.49. The highest BCUT2D eigenvalue weighted by Gasteiger charge is 2.14. The second-order valence-corrected chi connectivity index (χ2v) is 3.86. The molecule has 86 valence electrons. The fraction of sp³-hybridized carbons (Fsp3) is 0.333. The molecule has 4 nitrogen and oxygen atoms in total. The number of nitrogens with one attached hydrogen (secondary N) is 1. The summed E-state index contributed by atoms with van der Waals surface area (Å²) in [6.45, 7) is 2.54. The number of hydrogen-bond donors (Lipinski definition) is 2. The number of rotatable bonds is 4. The molecule has 0 fully saturated rings. The maximum absolute atomic E-state index is 5.71. The van der Waals surface area contributed by atoms with E-state index in [0.29, 0.717) is 6.61 Å². The van der Waals surface area contributed by atoms with Crippen molar-refractivity contribution in [3.63, 3.8) is 0 Å². The van der Waals surface area contributed by atoms with Crippen LogP contribution >= 0.6 is 0 Å². The quantitative estimate of drug-likeness (QED) is 0.610. The summed E-state index contributed by atoms with van der Waals surface area (Å²) in [7, 11) is 1.64. The van der Waals surface area contributed by atoms with Gasteiger partial charge in [0.15, 0.2) is 0 Å². The van der Waals surface area contributed by atoms with Crippen LogP contribution in [0, 0.1) is 6.92 Å². The summed E-state index contributed by atoms with van der Waals surface area (Å²) in [5.74, 6) is 6.25. The molecule has 0 aliphatic carbocycles. The average molecular weight is 220 g/mol. The fourth-order valence-corrected chi connectivity index (χ4v) is 1.73. The summed E-state index contributed by atoms with van der Waals surface area (Å²) >= 11 is 0. The van der Waals surface area contributed by atoms with Crippen molar-refractivity contribution in [3.8, 4) is 0 Å². The highest BCUT2D eigenvalue weighted by Crippen LogP contribution is 2.24. The second kappa shape index (κ2) is 4.65. The molecule has 1 aromatic heterocycles. The lowest BCUT2D eigenvalue weighted by Gasteiger charge is -2.10. The predicted molar refractivity (Wildman–Crippen MR) is 62.9 cm³/mol. The Labute approximate surface area is 94.3 Å². The smallest absolute Gasteiger partial charge is 0.134 e. The highest BCUT2D eigenvalue weighted by atomic mass is 16.5. The number of aryl methyl sites for hydroxylation is 1. The van der Waals surface area contributed by atoms with Gasteiger partial charge >= 0.3 is 0 Å². The molecule has 3 N–H and O–H groups in total. The van der Waals surface area contributed by atoms with Crippen molar-refractivity contribution in [3.05, 3.63) is 35.6 Å². The van der Waals surface area contributed by atoms with Gasteiger partial charge in [0.1, 0.15) is 17.4 Å². The molecule has 0 saturated heterocycles.